The van der Waals surface area contributed by atoms with Gasteiger partial charge in [0.05, 0.1) is 12.7 Å². The van der Waals surface area contributed by atoms with Gasteiger partial charge in [-0.1, -0.05) is 56.2 Å². The van der Waals surface area contributed by atoms with Gasteiger partial charge in [0.2, 0.25) is 0 Å². The summed E-state index contributed by atoms with van der Waals surface area (Å²) < 4.78 is 0. The van der Waals surface area contributed by atoms with Gasteiger partial charge in [0.15, 0.2) is 0 Å². The number of allylic oxidation sites excluding steroid dienone is 1. The number of rotatable bonds is 5. The van der Waals surface area contributed by atoms with Gasteiger partial charge in [0, 0.05) is 17.1 Å². The van der Waals surface area contributed by atoms with Gasteiger partial charge in [-0.2, -0.15) is 0 Å². The molecule has 0 aliphatic carbocycles. The van der Waals surface area contributed by atoms with Crippen molar-refractivity contribution in [1.29, 1.82) is 0 Å². The van der Waals surface area contributed by atoms with E-state index in [9.17, 15) is 0 Å². The van der Waals surface area contributed by atoms with Crippen molar-refractivity contribution in [3.63, 3.8) is 0 Å². The highest BCUT2D eigenvalue weighted by atomic mass is 15.4. The van der Waals surface area contributed by atoms with Crippen LogP contribution < -0.4 is 9.80 Å². The third-order valence-electron chi connectivity index (χ3n) is 5.58. The molecule has 26 heavy (non-hydrogen) atoms. The molecular weight excluding hydrogens is 316 g/mol. The summed E-state index contributed by atoms with van der Waals surface area (Å²) in [4.78, 5) is 5.10. The molecule has 2 aromatic rings. The van der Waals surface area contributed by atoms with Crippen LogP contribution in [0.15, 0.2) is 59.8 Å². The van der Waals surface area contributed by atoms with Crippen molar-refractivity contribution in [1.82, 2.24) is 0 Å². The minimum atomic E-state index is 0.486. The predicted molar refractivity (Wildman–Crippen MR) is 114 cm³/mol. The number of aryl methyl sites for hydroxylation is 2. The van der Waals surface area contributed by atoms with Gasteiger partial charge in [0.1, 0.15) is 0 Å². The zero-order valence-electron chi connectivity index (χ0n) is 16.9. The molecule has 1 unspecified atom stereocenters. The molecule has 1 aliphatic heterocycles. The molecule has 1 atom stereocenters. The molecule has 0 aromatic heterocycles. The second-order valence-corrected chi connectivity index (χ2v) is 7.31. The predicted octanol–water partition coefficient (Wildman–Crippen LogP) is 6.44. The molecule has 2 heteroatoms. The first kappa shape index (κ1) is 18.6. The van der Waals surface area contributed by atoms with Crippen molar-refractivity contribution in [2.75, 3.05) is 16.5 Å². The Morgan fingerprint density at radius 1 is 0.769 bits per heavy atom. The van der Waals surface area contributed by atoms with Crippen molar-refractivity contribution >= 4 is 11.4 Å². The third-order valence-corrected chi connectivity index (χ3v) is 5.58. The Bertz CT molecular complexity index is 756. The molecular formula is C24H32N2. The van der Waals surface area contributed by atoms with Crippen molar-refractivity contribution in [2.24, 2.45) is 0 Å². The van der Waals surface area contributed by atoms with Crippen LogP contribution in [0, 0.1) is 13.8 Å². The summed E-state index contributed by atoms with van der Waals surface area (Å²) in [7, 11) is 0. The first-order chi connectivity index (χ1) is 12.6. The molecule has 0 fully saturated rings. The molecule has 0 radical (unpaired) electrons. The highest BCUT2D eigenvalue weighted by molar-refractivity contribution is 5.61. The fourth-order valence-electron chi connectivity index (χ4n) is 4.17. The minimum absolute atomic E-state index is 0.486. The number of hydrogen-bond donors (Lipinski definition) is 0. The Morgan fingerprint density at radius 3 is 1.77 bits per heavy atom. The normalized spacial score (nSPS) is 17.8. The highest BCUT2D eigenvalue weighted by Gasteiger charge is 2.31. The second-order valence-electron chi connectivity index (χ2n) is 7.31. The summed E-state index contributed by atoms with van der Waals surface area (Å²) in [5.41, 5.74) is 8.33. The van der Waals surface area contributed by atoms with E-state index in [0.717, 1.165) is 25.9 Å². The second kappa shape index (κ2) is 7.99. The standard InChI is InChI=1S/C24H32N2/c1-6-22-23(7-2)25(20-13-9-18(4)10-14-20)17-26(24(22)8-3)21-15-11-19(5)12-16-21/h9-16,23H,6-8,17H2,1-5H3. The smallest absolute Gasteiger partial charge is 0.0954 e. The maximum absolute atomic E-state index is 2.58. The quantitative estimate of drug-likeness (QED) is 0.613. The van der Waals surface area contributed by atoms with Crippen molar-refractivity contribution in [3.05, 3.63) is 70.9 Å². The van der Waals surface area contributed by atoms with Gasteiger partial charge in [-0.15, -0.1) is 0 Å². The van der Waals surface area contributed by atoms with Crippen LogP contribution in [0.3, 0.4) is 0 Å². The zero-order chi connectivity index (χ0) is 18.7. The molecule has 3 rings (SSSR count). The maximum atomic E-state index is 2.58. The SMILES string of the molecule is CCC1=C(CC)N(c2ccc(C)cc2)CN(c2ccc(C)cc2)C1CC. The lowest BCUT2D eigenvalue weighted by Crippen LogP contribution is -2.50. The van der Waals surface area contributed by atoms with Gasteiger partial charge < -0.3 is 9.80 Å². The molecule has 138 valence electrons. The number of benzene rings is 2. The van der Waals surface area contributed by atoms with Crippen LogP contribution in [-0.2, 0) is 0 Å². The van der Waals surface area contributed by atoms with E-state index < -0.39 is 0 Å². The molecule has 2 nitrogen and oxygen atoms in total. The first-order valence-corrected chi connectivity index (χ1v) is 9.98. The van der Waals surface area contributed by atoms with Gasteiger partial charge in [-0.3, -0.25) is 0 Å². The minimum Gasteiger partial charge on any atom is -0.347 e. The number of nitrogens with zero attached hydrogens (tertiary/aromatic N) is 2. The van der Waals surface area contributed by atoms with Crippen molar-refractivity contribution in [2.45, 2.75) is 59.9 Å². The molecule has 0 bridgehead atoms. The number of hydrogen-bond acceptors (Lipinski definition) is 2. The molecule has 2 aromatic carbocycles. The molecule has 0 saturated carbocycles. The Kier molecular flexibility index (Phi) is 5.70. The zero-order valence-corrected chi connectivity index (χ0v) is 16.9. The lowest BCUT2D eigenvalue weighted by atomic mass is 9.93. The Hall–Kier alpha value is -2.22. The summed E-state index contributed by atoms with van der Waals surface area (Å²) in [6.07, 6.45) is 3.32. The summed E-state index contributed by atoms with van der Waals surface area (Å²) >= 11 is 0. The summed E-state index contributed by atoms with van der Waals surface area (Å²) in [6, 6.07) is 18.4. The van der Waals surface area contributed by atoms with E-state index in [4.69, 9.17) is 0 Å². The van der Waals surface area contributed by atoms with Gasteiger partial charge in [-0.25, -0.2) is 0 Å². The molecule has 1 aliphatic rings. The lowest BCUT2D eigenvalue weighted by molar-refractivity contribution is 0.570. The van der Waals surface area contributed by atoms with E-state index in [2.05, 4.69) is 92.9 Å². The van der Waals surface area contributed by atoms with Crippen LogP contribution in [0.4, 0.5) is 11.4 Å². The fraction of sp³-hybridized carbons (Fsp3) is 0.417. The van der Waals surface area contributed by atoms with E-state index in [1.54, 1.807) is 5.57 Å². The Morgan fingerprint density at radius 2 is 1.31 bits per heavy atom. The van der Waals surface area contributed by atoms with Gasteiger partial charge >= 0.3 is 0 Å². The van der Waals surface area contributed by atoms with Crippen LogP contribution in [0.25, 0.3) is 0 Å². The van der Waals surface area contributed by atoms with Gasteiger partial charge in [-0.05, 0) is 62.9 Å². The Balaban J connectivity index is 2.08. The molecule has 0 amide bonds. The van der Waals surface area contributed by atoms with Gasteiger partial charge in [0.25, 0.3) is 0 Å². The van der Waals surface area contributed by atoms with E-state index >= 15 is 0 Å². The molecule has 0 N–H and O–H groups in total. The topological polar surface area (TPSA) is 6.48 Å². The molecule has 0 saturated heterocycles. The van der Waals surface area contributed by atoms with Crippen molar-refractivity contribution < 1.29 is 0 Å². The van der Waals surface area contributed by atoms with E-state index in [0.29, 0.717) is 6.04 Å². The van der Waals surface area contributed by atoms with Crippen LogP contribution in [-0.4, -0.2) is 12.7 Å². The third kappa shape index (κ3) is 3.51. The Labute approximate surface area is 159 Å². The van der Waals surface area contributed by atoms with Crippen LogP contribution in [0.2, 0.25) is 0 Å². The molecule has 1 heterocycles. The van der Waals surface area contributed by atoms with E-state index in [1.807, 2.05) is 0 Å². The number of anilines is 2. The van der Waals surface area contributed by atoms with Crippen molar-refractivity contribution in [3.8, 4) is 0 Å². The first-order valence-electron chi connectivity index (χ1n) is 9.98. The maximum Gasteiger partial charge on any atom is 0.0954 e. The summed E-state index contributed by atoms with van der Waals surface area (Å²) in [5.74, 6) is 0. The summed E-state index contributed by atoms with van der Waals surface area (Å²) in [6.45, 7) is 12.1. The van der Waals surface area contributed by atoms with Crippen LogP contribution in [0.1, 0.15) is 51.2 Å². The summed E-state index contributed by atoms with van der Waals surface area (Å²) in [5, 5.41) is 0. The average Bonchev–Trinajstić information content (AvgIpc) is 2.67. The lowest BCUT2D eigenvalue weighted by Gasteiger charge is -2.46. The molecule has 0 spiro atoms. The van der Waals surface area contributed by atoms with Crippen LogP contribution in [0.5, 0.6) is 0 Å². The van der Waals surface area contributed by atoms with E-state index in [-0.39, 0.29) is 0 Å². The average molecular weight is 349 g/mol. The monoisotopic (exact) mass is 348 g/mol. The van der Waals surface area contributed by atoms with E-state index in [1.165, 1.54) is 28.2 Å². The van der Waals surface area contributed by atoms with Crippen LogP contribution >= 0.6 is 0 Å². The fourth-order valence-corrected chi connectivity index (χ4v) is 4.17. The highest BCUT2D eigenvalue weighted by Crippen LogP contribution is 2.36. The largest absolute Gasteiger partial charge is 0.347 e.